The zero-order valence-corrected chi connectivity index (χ0v) is 13.8. The fourth-order valence-corrected chi connectivity index (χ4v) is 2.03. The van der Waals surface area contributed by atoms with E-state index in [4.69, 9.17) is 4.74 Å². The average molecular weight is 277 g/mol. The van der Waals surface area contributed by atoms with E-state index in [-0.39, 0.29) is 5.41 Å². The van der Waals surface area contributed by atoms with Crippen molar-refractivity contribution in [3.63, 3.8) is 0 Å². The van der Waals surface area contributed by atoms with Gasteiger partial charge >= 0.3 is 0 Å². The lowest BCUT2D eigenvalue weighted by Crippen LogP contribution is -2.25. The van der Waals surface area contributed by atoms with E-state index >= 15 is 0 Å². The van der Waals surface area contributed by atoms with Gasteiger partial charge in [0.15, 0.2) is 0 Å². The van der Waals surface area contributed by atoms with Crippen LogP contribution in [0.4, 0.5) is 0 Å². The van der Waals surface area contributed by atoms with Crippen molar-refractivity contribution >= 4 is 0 Å². The van der Waals surface area contributed by atoms with Crippen LogP contribution in [0.5, 0.6) is 5.75 Å². The third-order valence-electron chi connectivity index (χ3n) is 3.97. The Kier molecular flexibility index (Phi) is 7.08. The van der Waals surface area contributed by atoms with Crippen molar-refractivity contribution in [2.75, 3.05) is 19.7 Å². The first-order valence-electron chi connectivity index (χ1n) is 7.93. The fourth-order valence-electron chi connectivity index (χ4n) is 2.03. The average Bonchev–Trinajstić information content (AvgIpc) is 2.46. The molecule has 0 aliphatic carbocycles. The monoisotopic (exact) mass is 277 g/mol. The molecule has 1 unspecified atom stereocenters. The van der Waals surface area contributed by atoms with Gasteiger partial charge in [0, 0.05) is 12.5 Å². The summed E-state index contributed by atoms with van der Waals surface area (Å²) >= 11 is 0. The van der Waals surface area contributed by atoms with E-state index in [0.29, 0.717) is 5.92 Å². The zero-order chi connectivity index (χ0) is 15.0. The number of rotatable bonds is 9. The molecule has 2 heteroatoms. The van der Waals surface area contributed by atoms with E-state index in [1.165, 1.54) is 12.0 Å². The third kappa shape index (κ3) is 5.54. The molecule has 114 valence electrons. The summed E-state index contributed by atoms with van der Waals surface area (Å²) in [5.74, 6) is 1.51. The zero-order valence-electron chi connectivity index (χ0n) is 13.8. The van der Waals surface area contributed by atoms with Gasteiger partial charge in [0.25, 0.3) is 0 Å². The van der Waals surface area contributed by atoms with Crippen molar-refractivity contribution in [2.24, 2.45) is 5.92 Å². The molecule has 0 fully saturated rings. The standard InChI is InChI=1S/C18H31NO/c1-6-12-19-13-15(3)14-20-17-10-8-16(9-11-17)18(4,5)7-2/h8-11,15,19H,6-7,12-14H2,1-5H3. The van der Waals surface area contributed by atoms with Crippen molar-refractivity contribution in [3.8, 4) is 5.75 Å². The molecule has 1 aromatic carbocycles. The van der Waals surface area contributed by atoms with Crippen LogP contribution in [0.3, 0.4) is 0 Å². The Morgan fingerprint density at radius 2 is 1.80 bits per heavy atom. The van der Waals surface area contributed by atoms with Gasteiger partial charge in [-0.25, -0.2) is 0 Å². The fraction of sp³-hybridized carbons (Fsp3) is 0.667. The molecule has 0 amide bonds. The minimum absolute atomic E-state index is 0.246. The minimum Gasteiger partial charge on any atom is -0.493 e. The van der Waals surface area contributed by atoms with Gasteiger partial charge in [0.05, 0.1) is 6.61 Å². The van der Waals surface area contributed by atoms with Crippen LogP contribution < -0.4 is 10.1 Å². The summed E-state index contributed by atoms with van der Waals surface area (Å²) in [5, 5.41) is 3.43. The summed E-state index contributed by atoms with van der Waals surface area (Å²) in [5.41, 5.74) is 1.63. The Bertz CT molecular complexity index is 370. The van der Waals surface area contributed by atoms with Crippen LogP contribution >= 0.6 is 0 Å². The normalized spacial score (nSPS) is 13.2. The maximum atomic E-state index is 5.86. The first-order chi connectivity index (χ1) is 9.49. The van der Waals surface area contributed by atoms with Crippen LogP contribution in [0.15, 0.2) is 24.3 Å². The summed E-state index contributed by atoms with van der Waals surface area (Å²) in [7, 11) is 0. The van der Waals surface area contributed by atoms with E-state index < -0.39 is 0 Å². The Labute approximate surface area is 124 Å². The quantitative estimate of drug-likeness (QED) is 0.676. The molecule has 0 saturated carbocycles. The lowest BCUT2D eigenvalue weighted by atomic mass is 9.82. The van der Waals surface area contributed by atoms with Crippen LogP contribution in [0.2, 0.25) is 0 Å². The van der Waals surface area contributed by atoms with Gasteiger partial charge in [-0.2, -0.15) is 0 Å². The third-order valence-corrected chi connectivity index (χ3v) is 3.97. The molecule has 0 heterocycles. The van der Waals surface area contributed by atoms with Crippen LogP contribution in [0.25, 0.3) is 0 Å². The van der Waals surface area contributed by atoms with Gasteiger partial charge < -0.3 is 10.1 Å². The highest BCUT2D eigenvalue weighted by Gasteiger charge is 2.17. The second-order valence-corrected chi connectivity index (χ2v) is 6.38. The van der Waals surface area contributed by atoms with Crippen LogP contribution in [-0.4, -0.2) is 19.7 Å². The second-order valence-electron chi connectivity index (χ2n) is 6.38. The van der Waals surface area contributed by atoms with Gasteiger partial charge in [-0.3, -0.25) is 0 Å². The smallest absolute Gasteiger partial charge is 0.119 e. The molecular weight excluding hydrogens is 246 g/mol. The van der Waals surface area contributed by atoms with Crippen molar-refractivity contribution < 1.29 is 4.74 Å². The molecular formula is C18H31NO. The topological polar surface area (TPSA) is 21.3 Å². The summed E-state index contributed by atoms with van der Waals surface area (Å²) in [6, 6.07) is 8.58. The van der Waals surface area contributed by atoms with E-state index in [2.05, 4.69) is 64.2 Å². The van der Waals surface area contributed by atoms with Crippen molar-refractivity contribution in [3.05, 3.63) is 29.8 Å². The second kappa shape index (κ2) is 8.31. The maximum Gasteiger partial charge on any atom is 0.119 e. The summed E-state index contributed by atoms with van der Waals surface area (Å²) in [6.07, 6.45) is 2.33. The first-order valence-corrected chi connectivity index (χ1v) is 7.93. The predicted molar refractivity (Wildman–Crippen MR) is 87.6 cm³/mol. The predicted octanol–water partition coefficient (Wildman–Crippen LogP) is 4.39. The number of ether oxygens (including phenoxy) is 1. The molecule has 1 rings (SSSR count). The molecule has 0 saturated heterocycles. The van der Waals surface area contributed by atoms with Gasteiger partial charge in [-0.15, -0.1) is 0 Å². The van der Waals surface area contributed by atoms with E-state index in [1.807, 2.05) is 0 Å². The van der Waals surface area contributed by atoms with Crippen molar-refractivity contribution in [1.82, 2.24) is 5.32 Å². The molecule has 0 aliphatic heterocycles. The Morgan fingerprint density at radius 3 is 2.35 bits per heavy atom. The Balaban J connectivity index is 2.42. The summed E-state index contributed by atoms with van der Waals surface area (Å²) < 4.78 is 5.86. The molecule has 0 bridgehead atoms. The van der Waals surface area contributed by atoms with Crippen LogP contribution in [-0.2, 0) is 5.41 Å². The largest absolute Gasteiger partial charge is 0.493 e. The molecule has 1 N–H and O–H groups in total. The maximum absolute atomic E-state index is 5.86. The molecule has 20 heavy (non-hydrogen) atoms. The minimum atomic E-state index is 0.246. The molecule has 0 aromatic heterocycles. The van der Waals surface area contributed by atoms with E-state index in [0.717, 1.165) is 31.9 Å². The van der Waals surface area contributed by atoms with E-state index in [1.54, 1.807) is 0 Å². The van der Waals surface area contributed by atoms with Gasteiger partial charge in [0.1, 0.15) is 5.75 Å². The number of hydrogen-bond acceptors (Lipinski definition) is 2. The first kappa shape index (κ1) is 17.0. The van der Waals surface area contributed by atoms with Crippen molar-refractivity contribution in [2.45, 2.75) is 52.9 Å². The molecule has 2 nitrogen and oxygen atoms in total. The lowest BCUT2D eigenvalue weighted by Gasteiger charge is -2.23. The lowest BCUT2D eigenvalue weighted by molar-refractivity contribution is 0.255. The SMILES string of the molecule is CCCNCC(C)COc1ccc(C(C)(C)CC)cc1. The Morgan fingerprint density at radius 1 is 1.15 bits per heavy atom. The van der Waals surface area contributed by atoms with Crippen LogP contribution in [0, 0.1) is 5.92 Å². The highest BCUT2D eigenvalue weighted by Crippen LogP contribution is 2.28. The highest BCUT2D eigenvalue weighted by molar-refractivity contribution is 5.31. The summed E-state index contributed by atoms with van der Waals surface area (Å²) in [4.78, 5) is 0. The highest BCUT2D eigenvalue weighted by atomic mass is 16.5. The molecule has 0 spiro atoms. The Hall–Kier alpha value is -1.02. The molecule has 0 aliphatic rings. The van der Waals surface area contributed by atoms with Gasteiger partial charge in [-0.1, -0.05) is 46.8 Å². The number of nitrogens with one attached hydrogen (secondary N) is 1. The molecule has 1 atom stereocenters. The van der Waals surface area contributed by atoms with Gasteiger partial charge in [0.2, 0.25) is 0 Å². The number of hydrogen-bond donors (Lipinski definition) is 1. The van der Waals surface area contributed by atoms with Crippen LogP contribution in [0.1, 0.15) is 53.0 Å². The van der Waals surface area contributed by atoms with E-state index in [9.17, 15) is 0 Å². The van der Waals surface area contributed by atoms with Crippen molar-refractivity contribution in [1.29, 1.82) is 0 Å². The molecule has 1 aromatic rings. The van der Waals surface area contributed by atoms with Gasteiger partial charge in [-0.05, 0) is 42.5 Å². The molecule has 0 radical (unpaired) electrons. The summed E-state index contributed by atoms with van der Waals surface area (Å²) in [6.45, 7) is 14.1. The number of benzene rings is 1.